The average molecular weight is 353 g/mol. The second-order valence-electron chi connectivity index (χ2n) is 6.63. The predicted octanol–water partition coefficient (Wildman–Crippen LogP) is 1.43. The summed E-state index contributed by atoms with van der Waals surface area (Å²) < 4.78 is 13.5. The molecule has 0 saturated carbocycles. The molecule has 0 aromatic heterocycles. The zero-order valence-corrected chi connectivity index (χ0v) is 13.7. The third-order valence-corrected chi connectivity index (χ3v) is 5.39. The molecule has 0 bridgehead atoms. The molecule has 0 spiro atoms. The number of anilines is 1. The Hall–Kier alpha value is -2.02. The molecule has 128 valence electrons. The maximum atomic E-state index is 13.5. The SMILES string of the molecule is NC(=O)C1CC(N2CC3CN(c4cc(F)ccc4Cl)C[C@@H]3C2)=NO1. The van der Waals surface area contributed by atoms with E-state index in [1.54, 1.807) is 6.07 Å². The van der Waals surface area contributed by atoms with Crippen LogP contribution in [0.4, 0.5) is 10.1 Å². The molecule has 0 aliphatic carbocycles. The van der Waals surface area contributed by atoms with Crippen molar-refractivity contribution < 1.29 is 14.0 Å². The summed E-state index contributed by atoms with van der Waals surface area (Å²) in [4.78, 5) is 20.6. The van der Waals surface area contributed by atoms with Gasteiger partial charge in [-0.3, -0.25) is 4.79 Å². The molecule has 8 heteroatoms. The van der Waals surface area contributed by atoms with Crippen LogP contribution >= 0.6 is 11.6 Å². The number of fused-ring (bicyclic) bond motifs is 1. The number of hydrogen-bond acceptors (Lipinski definition) is 5. The van der Waals surface area contributed by atoms with E-state index in [4.69, 9.17) is 22.2 Å². The van der Waals surface area contributed by atoms with Gasteiger partial charge in [0.2, 0.25) is 6.10 Å². The molecule has 1 aromatic carbocycles. The fourth-order valence-corrected chi connectivity index (χ4v) is 4.07. The fourth-order valence-electron chi connectivity index (χ4n) is 3.83. The van der Waals surface area contributed by atoms with Crippen molar-refractivity contribution in [2.75, 3.05) is 31.1 Å². The van der Waals surface area contributed by atoms with Crippen LogP contribution in [0.1, 0.15) is 6.42 Å². The van der Waals surface area contributed by atoms with Crippen LogP contribution in [0.25, 0.3) is 0 Å². The van der Waals surface area contributed by atoms with Crippen molar-refractivity contribution in [2.24, 2.45) is 22.7 Å². The molecule has 24 heavy (non-hydrogen) atoms. The molecule has 3 aliphatic heterocycles. The first-order chi connectivity index (χ1) is 11.5. The number of likely N-dealkylation sites (tertiary alicyclic amines) is 1. The number of carbonyl (C=O) groups excluding carboxylic acids is 1. The number of oxime groups is 1. The van der Waals surface area contributed by atoms with Crippen LogP contribution in [-0.2, 0) is 9.63 Å². The number of nitrogens with two attached hydrogens (primary N) is 1. The van der Waals surface area contributed by atoms with Crippen molar-refractivity contribution in [3.8, 4) is 0 Å². The molecule has 1 amide bonds. The van der Waals surface area contributed by atoms with E-state index in [0.717, 1.165) is 37.7 Å². The molecule has 6 nitrogen and oxygen atoms in total. The highest BCUT2D eigenvalue weighted by Gasteiger charge is 2.43. The van der Waals surface area contributed by atoms with E-state index in [9.17, 15) is 9.18 Å². The first kappa shape index (κ1) is 15.5. The van der Waals surface area contributed by atoms with E-state index in [1.807, 2.05) is 0 Å². The summed E-state index contributed by atoms with van der Waals surface area (Å²) in [6, 6.07) is 4.46. The van der Waals surface area contributed by atoms with Crippen LogP contribution in [-0.4, -0.2) is 48.9 Å². The smallest absolute Gasteiger partial charge is 0.261 e. The minimum Gasteiger partial charge on any atom is -0.380 e. The van der Waals surface area contributed by atoms with Crippen molar-refractivity contribution in [1.82, 2.24) is 4.90 Å². The van der Waals surface area contributed by atoms with Crippen LogP contribution in [0.15, 0.2) is 23.4 Å². The minimum atomic E-state index is -0.650. The standard InChI is InChI=1S/C16H18ClFN4O2/c17-12-2-1-11(18)3-13(12)21-5-9-7-22(8-10(9)6-21)15-4-14(16(19)23)24-20-15/h1-3,9-10,14H,4-8H2,(H2,19,23)/t9-,10?,14?/m1/s1. The highest BCUT2D eigenvalue weighted by Crippen LogP contribution is 2.37. The third-order valence-electron chi connectivity index (χ3n) is 5.07. The van der Waals surface area contributed by atoms with Crippen LogP contribution in [0.2, 0.25) is 5.02 Å². The van der Waals surface area contributed by atoms with Gasteiger partial charge in [-0.1, -0.05) is 16.8 Å². The number of primary amides is 1. The fraction of sp³-hybridized carbons (Fsp3) is 0.500. The Labute approximate surface area is 144 Å². The van der Waals surface area contributed by atoms with E-state index < -0.39 is 12.0 Å². The first-order valence-corrected chi connectivity index (χ1v) is 8.36. The third kappa shape index (κ3) is 2.66. The molecular weight excluding hydrogens is 335 g/mol. The molecule has 1 aromatic rings. The van der Waals surface area contributed by atoms with E-state index in [2.05, 4.69) is 15.0 Å². The molecule has 4 rings (SSSR count). The number of hydrogen-bond donors (Lipinski definition) is 1. The number of amidine groups is 1. The molecule has 2 fully saturated rings. The molecule has 3 atom stereocenters. The van der Waals surface area contributed by atoms with Gasteiger partial charge in [0.05, 0.1) is 17.1 Å². The van der Waals surface area contributed by atoms with Crippen molar-refractivity contribution >= 4 is 29.0 Å². The summed E-state index contributed by atoms with van der Waals surface area (Å²) >= 11 is 6.21. The molecule has 2 N–H and O–H groups in total. The van der Waals surface area contributed by atoms with E-state index in [-0.39, 0.29) is 5.82 Å². The monoisotopic (exact) mass is 352 g/mol. The van der Waals surface area contributed by atoms with Crippen LogP contribution in [0.3, 0.4) is 0 Å². The van der Waals surface area contributed by atoms with Gasteiger partial charge in [-0.2, -0.15) is 0 Å². The lowest BCUT2D eigenvalue weighted by Crippen LogP contribution is -2.35. The lowest BCUT2D eigenvalue weighted by Gasteiger charge is -2.24. The molecule has 3 aliphatic rings. The number of nitrogens with zero attached hydrogens (tertiary/aromatic N) is 3. The van der Waals surface area contributed by atoms with Gasteiger partial charge < -0.3 is 20.4 Å². The van der Waals surface area contributed by atoms with Crippen LogP contribution < -0.4 is 10.6 Å². The summed E-state index contributed by atoms with van der Waals surface area (Å²) in [6.45, 7) is 3.36. The minimum absolute atomic E-state index is 0.275. The highest BCUT2D eigenvalue weighted by molar-refractivity contribution is 6.33. The average Bonchev–Trinajstić information content (AvgIpc) is 3.21. The van der Waals surface area contributed by atoms with Crippen molar-refractivity contribution in [2.45, 2.75) is 12.5 Å². The van der Waals surface area contributed by atoms with Gasteiger partial charge >= 0.3 is 0 Å². The zero-order valence-electron chi connectivity index (χ0n) is 13.0. The maximum absolute atomic E-state index is 13.5. The Bertz CT molecular complexity index is 699. The molecule has 2 saturated heterocycles. The van der Waals surface area contributed by atoms with Gasteiger partial charge in [0.1, 0.15) is 11.7 Å². The van der Waals surface area contributed by atoms with E-state index in [0.29, 0.717) is 23.3 Å². The Morgan fingerprint density at radius 1 is 1.25 bits per heavy atom. The summed E-state index contributed by atoms with van der Waals surface area (Å²) in [6.07, 6.45) is -0.211. The molecule has 2 unspecified atom stereocenters. The van der Waals surface area contributed by atoms with Gasteiger partial charge in [0.25, 0.3) is 5.91 Å². The topological polar surface area (TPSA) is 71.2 Å². The van der Waals surface area contributed by atoms with Crippen molar-refractivity contribution in [3.05, 3.63) is 29.0 Å². The second kappa shape index (κ2) is 5.81. The molecule has 0 radical (unpaired) electrons. The van der Waals surface area contributed by atoms with Crippen LogP contribution in [0.5, 0.6) is 0 Å². The zero-order chi connectivity index (χ0) is 16.8. The summed E-state index contributed by atoms with van der Waals surface area (Å²) in [5.74, 6) is 0.950. The Morgan fingerprint density at radius 2 is 1.92 bits per heavy atom. The highest BCUT2D eigenvalue weighted by atomic mass is 35.5. The molecular formula is C16H18ClFN4O2. The quantitative estimate of drug-likeness (QED) is 0.874. The summed E-state index contributed by atoms with van der Waals surface area (Å²) in [5.41, 5.74) is 6.01. The Kier molecular flexibility index (Phi) is 3.75. The molecule has 3 heterocycles. The second-order valence-corrected chi connectivity index (χ2v) is 7.04. The number of rotatable bonds is 2. The van der Waals surface area contributed by atoms with E-state index in [1.165, 1.54) is 12.1 Å². The van der Waals surface area contributed by atoms with Gasteiger partial charge in [-0.15, -0.1) is 0 Å². The lowest BCUT2D eigenvalue weighted by molar-refractivity contribution is -0.127. The van der Waals surface area contributed by atoms with Gasteiger partial charge in [-0.25, -0.2) is 4.39 Å². The number of halogens is 2. The van der Waals surface area contributed by atoms with E-state index >= 15 is 0 Å². The van der Waals surface area contributed by atoms with Gasteiger partial charge in [0, 0.05) is 38.0 Å². The number of benzene rings is 1. The first-order valence-electron chi connectivity index (χ1n) is 7.98. The Balaban J connectivity index is 1.41. The number of amides is 1. The normalized spacial score (nSPS) is 28.8. The van der Waals surface area contributed by atoms with Gasteiger partial charge in [-0.05, 0) is 18.2 Å². The van der Waals surface area contributed by atoms with Gasteiger partial charge in [0.15, 0.2) is 0 Å². The van der Waals surface area contributed by atoms with Crippen molar-refractivity contribution in [1.29, 1.82) is 0 Å². The van der Waals surface area contributed by atoms with Crippen molar-refractivity contribution in [3.63, 3.8) is 0 Å². The lowest BCUT2D eigenvalue weighted by atomic mass is 10.0. The maximum Gasteiger partial charge on any atom is 0.261 e. The van der Waals surface area contributed by atoms with Crippen LogP contribution in [0, 0.1) is 17.7 Å². The predicted molar refractivity (Wildman–Crippen MR) is 88.3 cm³/mol. The number of carbonyl (C=O) groups is 1. The largest absolute Gasteiger partial charge is 0.380 e. The summed E-state index contributed by atoms with van der Waals surface area (Å²) in [5, 5.41) is 4.58. The summed E-state index contributed by atoms with van der Waals surface area (Å²) in [7, 11) is 0. The Morgan fingerprint density at radius 3 is 2.54 bits per heavy atom.